The third-order valence-corrected chi connectivity index (χ3v) is 1.96. The molecule has 6 nitrogen and oxygen atoms in total. The molecule has 1 N–H and O–H groups in total. The average Bonchev–Trinajstić information content (AvgIpc) is 2.76. The maximum atomic E-state index is 10.7. The van der Waals surface area contributed by atoms with Gasteiger partial charge in [-0.15, -0.1) is 0 Å². The summed E-state index contributed by atoms with van der Waals surface area (Å²) in [5.41, 5.74) is 0. The van der Waals surface area contributed by atoms with Gasteiger partial charge in [0.15, 0.2) is 0 Å². The number of nitriles is 1. The lowest BCUT2D eigenvalue weighted by molar-refractivity contribution is 0.131. The highest BCUT2D eigenvalue weighted by atomic mass is 16.6. The number of rotatable bonds is 2. The number of imidazole rings is 1. The van der Waals surface area contributed by atoms with E-state index in [1.807, 2.05) is 6.07 Å². The molecule has 1 atom stereocenters. The molecule has 0 radical (unpaired) electrons. The Morgan fingerprint density at radius 2 is 2.71 bits per heavy atom. The van der Waals surface area contributed by atoms with E-state index < -0.39 is 6.09 Å². The Bertz CT molecular complexity index is 392. The van der Waals surface area contributed by atoms with Crippen molar-refractivity contribution in [1.29, 1.82) is 5.26 Å². The van der Waals surface area contributed by atoms with Gasteiger partial charge in [0.1, 0.15) is 12.2 Å². The quantitative estimate of drug-likeness (QED) is 0.707. The predicted molar refractivity (Wildman–Crippen MR) is 45.2 cm³/mol. The Labute approximate surface area is 80.1 Å². The Kier molecular flexibility index (Phi) is 2.07. The number of aromatic nitrogens is 2. The van der Waals surface area contributed by atoms with Crippen LogP contribution in [0, 0.1) is 11.3 Å². The molecule has 0 aromatic carbocycles. The first-order valence-electron chi connectivity index (χ1n) is 4.15. The maximum Gasteiger partial charge on any atom is 0.407 e. The molecule has 1 fully saturated rings. The van der Waals surface area contributed by atoms with Crippen molar-refractivity contribution in [3.8, 4) is 6.07 Å². The number of cyclic esters (lactones) is 1. The first-order chi connectivity index (χ1) is 6.79. The van der Waals surface area contributed by atoms with Gasteiger partial charge in [0.2, 0.25) is 5.82 Å². The molecule has 1 saturated heterocycles. The molecule has 1 aromatic heterocycles. The van der Waals surface area contributed by atoms with E-state index in [0.29, 0.717) is 18.9 Å². The second-order valence-electron chi connectivity index (χ2n) is 2.92. The van der Waals surface area contributed by atoms with E-state index in [4.69, 9.17) is 10.00 Å². The highest BCUT2D eigenvalue weighted by Crippen LogP contribution is 2.05. The summed E-state index contributed by atoms with van der Waals surface area (Å²) in [6, 6.07) is 1.95. The van der Waals surface area contributed by atoms with Crippen LogP contribution in [0.15, 0.2) is 12.4 Å². The number of ether oxygens (including phenoxy) is 1. The van der Waals surface area contributed by atoms with Crippen LogP contribution in [-0.4, -0.2) is 28.3 Å². The second-order valence-corrected chi connectivity index (χ2v) is 2.92. The van der Waals surface area contributed by atoms with Crippen LogP contribution in [0.5, 0.6) is 0 Å². The number of hydrogen-bond donors (Lipinski definition) is 1. The molecule has 1 aliphatic rings. The molecule has 6 heteroatoms. The number of hydrogen-bond acceptors (Lipinski definition) is 4. The van der Waals surface area contributed by atoms with Crippen molar-refractivity contribution in [2.75, 3.05) is 6.54 Å². The van der Waals surface area contributed by atoms with E-state index in [1.54, 1.807) is 17.0 Å². The summed E-state index contributed by atoms with van der Waals surface area (Å²) in [6.45, 7) is 0.934. The fraction of sp³-hybridized carbons (Fsp3) is 0.375. The summed E-state index contributed by atoms with van der Waals surface area (Å²) in [4.78, 5) is 14.5. The lowest BCUT2D eigenvalue weighted by atomic mass is 10.3. The van der Waals surface area contributed by atoms with Gasteiger partial charge in [-0.25, -0.2) is 9.78 Å². The molecule has 0 bridgehead atoms. The molecular weight excluding hydrogens is 184 g/mol. The summed E-state index contributed by atoms with van der Waals surface area (Å²) in [6.07, 6.45) is 2.60. The van der Waals surface area contributed by atoms with Crippen molar-refractivity contribution >= 4 is 6.09 Å². The van der Waals surface area contributed by atoms with Gasteiger partial charge >= 0.3 is 6.09 Å². The van der Waals surface area contributed by atoms with Gasteiger partial charge in [-0.05, 0) is 0 Å². The zero-order valence-electron chi connectivity index (χ0n) is 7.30. The standard InChI is InChI=1S/C8H8N4O2/c9-3-7-10-1-2-12(7)5-6-4-11-8(13)14-6/h1-2,6H,4-5H2,(H,11,13). The molecule has 0 aliphatic carbocycles. The largest absolute Gasteiger partial charge is 0.442 e. The summed E-state index contributed by atoms with van der Waals surface area (Å²) >= 11 is 0. The zero-order chi connectivity index (χ0) is 9.97. The zero-order valence-corrected chi connectivity index (χ0v) is 7.30. The van der Waals surface area contributed by atoms with Gasteiger partial charge in [-0.1, -0.05) is 0 Å². The minimum absolute atomic E-state index is 0.219. The Balaban J connectivity index is 2.05. The lowest BCUT2D eigenvalue weighted by Gasteiger charge is -2.08. The molecule has 1 unspecified atom stereocenters. The van der Waals surface area contributed by atoms with Crippen LogP contribution in [0.1, 0.15) is 5.82 Å². The van der Waals surface area contributed by atoms with Crippen molar-refractivity contribution in [2.24, 2.45) is 0 Å². The molecule has 2 rings (SSSR count). The van der Waals surface area contributed by atoms with Crippen molar-refractivity contribution in [3.05, 3.63) is 18.2 Å². The lowest BCUT2D eigenvalue weighted by Crippen LogP contribution is -2.20. The highest BCUT2D eigenvalue weighted by molar-refractivity contribution is 5.69. The van der Waals surface area contributed by atoms with E-state index in [-0.39, 0.29) is 6.10 Å². The molecule has 14 heavy (non-hydrogen) atoms. The SMILES string of the molecule is N#Cc1nccn1CC1CNC(=O)O1. The van der Waals surface area contributed by atoms with Crippen molar-refractivity contribution < 1.29 is 9.53 Å². The van der Waals surface area contributed by atoms with Crippen LogP contribution in [0.2, 0.25) is 0 Å². The maximum absolute atomic E-state index is 10.7. The fourth-order valence-corrected chi connectivity index (χ4v) is 1.32. The molecule has 2 heterocycles. The number of nitrogens with zero attached hydrogens (tertiary/aromatic N) is 3. The van der Waals surface area contributed by atoms with Gasteiger partial charge in [0.05, 0.1) is 13.1 Å². The predicted octanol–water partition coefficient (Wildman–Crippen LogP) is -0.137. The van der Waals surface area contributed by atoms with Gasteiger partial charge in [0.25, 0.3) is 0 Å². The first kappa shape index (κ1) is 8.56. The minimum Gasteiger partial charge on any atom is -0.442 e. The number of carbonyl (C=O) groups is 1. The highest BCUT2D eigenvalue weighted by Gasteiger charge is 2.23. The van der Waals surface area contributed by atoms with Gasteiger partial charge in [0, 0.05) is 12.4 Å². The number of nitrogens with one attached hydrogen (secondary N) is 1. The number of alkyl carbamates (subject to hydrolysis) is 1. The first-order valence-corrected chi connectivity index (χ1v) is 4.15. The van der Waals surface area contributed by atoms with Crippen LogP contribution >= 0.6 is 0 Å². The van der Waals surface area contributed by atoms with Gasteiger partial charge in [-0.3, -0.25) is 0 Å². The molecular formula is C8H8N4O2. The van der Waals surface area contributed by atoms with E-state index in [9.17, 15) is 4.79 Å². The number of carbonyl (C=O) groups excluding carboxylic acids is 1. The summed E-state index contributed by atoms with van der Waals surface area (Å²) < 4.78 is 6.58. The van der Waals surface area contributed by atoms with Crippen LogP contribution in [0.25, 0.3) is 0 Å². The molecule has 1 aromatic rings. The van der Waals surface area contributed by atoms with Crippen molar-refractivity contribution in [2.45, 2.75) is 12.6 Å². The van der Waals surface area contributed by atoms with Crippen LogP contribution in [0.3, 0.4) is 0 Å². The third kappa shape index (κ3) is 1.52. The fourth-order valence-electron chi connectivity index (χ4n) is 1.32. The average molecular weight is 192 g/mol. The molecule has 72 valence electrons. The third-order valence-electron chi connectivity index (χ3n) is 1.96. The topological polar surface area (TPSA) is 79.9 Å². The van der Waals surface area contributed by atoms with E-state index >= 15 is 0 Å². The molecule has 0 spiro atoms. The summed E-state index contributed by atoms with van der Waals surface area (Å²) in [5, 5.41) is 11.2. The van der Waals surface area contributed by atoms with Crippen LogP contribution in [-0.2, 0) is 11.3 Å². The van der Waals surface area contributed by atoms with Crippen molar-refractivity contribution in [3.63, 3.8) is 0 Å². The minimum atomic E-state index is -0.409. The van der Waals surface area contributed by atoms with Crippen LogP contribution < -0.4 is 5.32 Å². The Morgan fingerprint density at radius 1 is 1.86 bits per heavy atom. The van der Waals surface area contributed by atoms with E-state index in [2.05, 4.69) is 10.3 Å². The second kappa shape index (κ2) is 3.38. The van der Waals surface area contributed by atoms with Gasteiger partial charge < -0.3 is 14.6 Å². The van der Waals surface area contributed by atoms with Crippen molar-refractivity contribution in [1.82, 2.24) is 14.9 Å². The summed E-state index contributed by atoms with van der Waals surface area (Å²) in [5.74, 6) is 0.327. The Hall–Kier alpha value is -2.03. The number of amides is 1. The van der Waals surface area contributed by atoms with Crippen LogP contribution in [0.4, 0.5) is 4.79 Å². The normalized spacial score (nSPS) is 19.9. The molecule has 0 saturated carbocycles. The van der Waals surface area contributed by atoms with Gasteiger partial charge in [-0.2, -0.15) is 5.26 Å². The molecule has 1 amide bonds. The molecule has 1 aliphatic heterocycles. The van der Waals surface area contributed by atoms with E-state index in [1.165, 1.54) is 0 Å². The smallest absolute Gasteiger partial charge is 0.407 e. The monoisotopic (exact) mass is 192 g/mol. The van der Waals surface area contributed by atoms with E-state index in [0.717, 1.165) is 0 Å². The summed E-state index contributed by atoms with van der Waals surface area (Å²) in [7, 11) is 0. The Morgan fingerprint density at radius 3 is 3.36 bits per heavy atom.